The smallest absolute Gasteiger partial charge is 0.345 e. The Morgan fingerprint density at radius 3 is 2.50 bits per heavy atom. The van der Waals surface area contributed by atoms with Crippen LogP contribution in [0.15, 0.2) is 67.1 Å². The molecule has 390 valence electrons. The summed E-state index contributed by atoms with van der Waals surface area (Å²) in [5.41, 5.74) is 4.80. The number of benzene rings is 3. The van der Waals surface area contributed by atoms with Gasteiger partial charge in [0.15, 0.2) is 5.82 Å². The second-order valence-corrected chi connectivity index (χ2v) is 21.4. The number of ether oxygens (including phenoxy) is 6. The standard InChI is InChI=1S/C55H58Cl2F2N6O8S/c1-32-45-33(2)49(57)42(48(32)56)22-34(25-65-18-16-64(3)17-19-65)26-71-40-8-9-43(72-27-39-12-15-60-51(63-39)36-10-13-55(59,14-11-36)30-69-29-41-28-68-20-21-70-41)37(23-40)24-44(54(66)67)73-52-47-46(45)50(74-53(47)62-31-61-52)35-4-6-38(58)7-5-35/h4-10,12,15,23,31,34,41,44H,11,13-14,16-22,24-30H2,1-3H3,(H,66,67)/t34?,41-,44-,55+/m1/s1. The number of carboxylic acid groups (broad SMARTS) is 1. The summed E-state index contributed by atoms with van der Waals surface area (Å²) in [6.45, 7) is 10.3. The average molecular weight is 1070 g/mol. The summed E-state index contributed by atoms with van der Waals surface area (Å²) in [7, 11) is 2.13. The molecule has 2 fully saturated rings. The number of aromatic nitrogens is 4. The van der Waals surface area contributed by atoms with Crippen LogP contribution in [0.1, 0.15) is 53.0 Å². The van der Waals surface area contributed by atoms with Gasteiger partial charge in [0.05, 0.1) is 50.7 Å². The Balaban J connectivity index is 0.982. The molecule has 4 atom stereocenters. The highest BCUT2D eigenvalue weighted by molar-refractivity contribution is 7.22. The van der Waals surface area contributed by atoms with E-state index in [1.54, 1.807) is 36.5 Å². The number of fused-ring (bicyclic) bond motifs is 7. The molecule has 2 saturated heterocycles. The van der Waals surface area contributed by atoms with Gasteiger partial charge in [0, 0.05) is 83.7 Å². The maximum absolute atomic E-state index is 15.8. The van der Waals surface area contributed by atoms with Crippen LogP contribution in [0.2, 0.25) is 10.0 Å². The first-order chi connectivity index (χ1) is 35.8. The summed E-state index contributed by atoms with van der Waals surface area (Å²) in [4.78, 5) is 38.0. The Morgan fingerprint density at radius 1 is 0.973 bits per heavy atom. The van der Waals surface area contributed by atoms with E-state index in [0.717, 1.165) is 65.4 Å². The number of rotatable bonds is 12. The van der Waals surface area contributed by atoms with Crippen molar-refractivity contribution in [2.75, 3.05) is 79.4 Å². The van der Waals surface area contributed by atoms with Crippen LogP contribution in [-0.4, -0.2) is 138 Å². The normalized spacial score (nSPS) is 21.9. The van der Waals surface area contributed by atoms with E-state index in [-0.39, 0.29) is 57.0 Å². The molecule has 74 heavy (non-hydrogen) atoms. The molecule has 19 heteroatoms. The number of hydrogen-bond donors (Lipinski definition) is 1. The molecule has 3 aromatic heterocycles. The summed E-state index contributed by atoms with van der Waals surface area (Å²) in [6.07, 6.45) is 4.36. The Bertz CT molecular complexity index is 3010. The quantitative estimate of drug-likeness (QED) is 0.124. The average Bonchev–Trinajstić information content (AvgIpc) is 3.79. The third kappa shape index (κ3) is 11.7. The number of thiophene rings is 1. The van der Waals surface area contributed by atoms with E-state index in [1.807, 2.05) is 26.0 Å². The van der Waals surface area contributed by atoms with E-state index in [0.29, 0.717) is 99.2 Å². The van der Waals surface area contributed by atoms with Crippen LogP contribution in [-0.2, 0) is 38.5 Å². The van der Waals surface area contributed by atoms with E-state index in [1.165, 1.54) is 29.8 Å². The summed E-state index contributed by atoms with van der Waals surface area (Å²) >= 11 is 16.3. The molecular weight excluding hydrogens is 1010 g/mol. The molecule has 1 N–H and O–H groups in total. The van der Waals surface area contributed by atoms with Crippen molar-refractivity contribution in [3.63, 3.8) is 0 Å². The van der Waals surface area contributed by atoms with Crippen LogP contribution < -0.4 is 14.2 Å². The zero-order chi connectivity index (χ0) is 51.5. The minimum Gasteiger partial charge on any atom is -0.493 e. The summed E-state index contributed by atoms with van der Waals surface area (Å²) in [6, 6.07) is 13.3. The maximum atomic E-state index is 15.8. The lowest BCUT2D eigenvalue weighted by molar-refractivity contribution is -0.145. The fraction of sp³-hybridized carbons (Fsp3) is 0.436. The number of aliphatic carboxylic acids is 1. The number of allylic oxidation sites excluding steroid dienone is 2. The molecule has 14 nitrogen and oxygen atoms in total. The van der Waals surface area contributed by atoms with Crippen molar-refractivity contribution in [2.45, 2.75) is 70.4 Å². The van der Waals surface area contributed by atoms with Crippen molar-refractivity contribution in [3.8, 4) is 38.9 Å². The zero-order valence-corrected chi connectivity index (χ0v) is 43.8. The third-order valence-corrected chi connectivity index (χ3v) is 16.5. The van der Waals surface area contributed by atoms with Gasteiger partial charge in [-0.25, -0.2) is 33.5 Å². The molecule has 0 amide bonds. The number of carbonyl (C=O) groups is 1. The highest BCUT2D eigenvalue weighted by atomic mass is 35.5. The first-order valence-electron chi connectivity index (χ1n) is 25.0. The molecule has 5 aliphatic rings. The fourth-order valence-electron chi connectivity index (χ4n) is 10.2. The van der Waals surface area contributed by atoms with Crippen molar-refractivity contribution >= 4 is 56.3 Å². The third-order valence-electron chi connectivity index (χ3n) is 14.3. The molecule has 0 radical (unpaired) electrons. The van der Waals surface area contributed by atoms with Crippen molar-refractivity contribution < 1.29 is 47.1 Å². The van der Waals surface area contributed by atoms with Gasteiger partial charge < -0.3 is 43.3 Å². The summed E-state index contributed by atoms with van der Waals surface area (Å²) < 4.78 is 66.7. The molecule has 6 aromatic rings. The minimum absolute atomic E-state index is 0.0178. The number of likely N-dealkylation sites (N-methyl/N-ethyl adjacent to an activating group) is 1. The fourth-order valence-corrected chi connectivity index (χ4v) is 11.9. The van der Waals surface area contributed by atoms with Gasteiger partial charge in [0.25, 0.3) is 0 Å². The Morgan fingerprint density at radius 2 is 1.77 bits per heavy atom. The molecule has 0 spiro atoms. The number of alkyl halides is 1. The van der Waals surface area contributed by atoms with Crippen molar-refractivity contribution in [1.82, 2.24) is 29.7 Å². The first-order valence-corrected chi connectivity index (χ1v) is 26.5. The molecule has 4 aliphatic heterocycles. The molecule has 1 aliphatic carbocycles. The molecule has 7 heterocycles. The van der Waals surface area contributed by atoms with Gasteiger partial charge in [-0.2, -0.15) is 0 Å². The van der Waals surface area contributed by atoms with Crippen LogP contribution in [0, 0.1) is 25.6 Å². The SMILES string of the molecule is Cc1c(Cl)c2c(Cl)c(C)c1-c1c(-c3ccc(F)cc3)sc3ncnc(c13)O[C@@H](C(=O)O)Cc1cc(ccc1OCc1ccnc(C3=CC[C@@](F)(COC[C@H]4COCCO4)CC3)n1)OCC(CN1CCN(C)CC1)C2. The second-order valence-electron chi connectivity index (χ2n) is 19.6. The monoisotopic (exact) mass is 1070 g/mol. The Labute approximate surface area is 442 Å². The number of carboxylic acids is 1. The van der Waals surface area contributed by atoms with Gasteiger partial charge in [-0.15, -0.1) is 11.3 Å². The van der Waals surface area contributed by atoms with Gasteiger partial charge in [-0.3, -0.25) is 0 Å². The van der Waals surface area contributed by atoms with Crippen molar-refractivity contribution in [1.29, 1.82) is 0 Å². The van der Waals surface area contributed by atoms with Gasteiger partial charge in [0.1, 0.15) is 46.9 Å². The molecule has 11 rings (SSSR count). The van der Waals surface area contributed by atoms with Crippen LogP contribution in [0.5, 0.6) is 17.4 Å². The number of piperazine rings is 1. The molecular formula is C55H58Cl2F2N6O8S. The Kier molecular flexibility index (Phi) is 16.1. The van der Waals surface area contributed by atoms with Crippen molar-refractivity contribution in [3.05, 3.63) is 117 Å². The van der Waals surface area contributed by atoms with Gasteiger partial charge in [-0.1, -0.05) is 41.4 Å². The second kappa shape index (κ2) is 22.8. The summed E-state index contributed by atoms with van der Waals surface area (Å²) in [5.74, 6) is -0.263. The maximum Gasteiger partial charge on any atom is 0.345 e. The summed E-state index contributed by atoms with van der Waals surface area (Å²) in [5, 5.41) is 12.4. The minimum atomic E-state index is -1.52. The van der Waals surface area contributed by atoms with E-state index in [2.05, 4.69) is 31.8 Å². The van der Waals surface area contributed by atoms with Crippen LogP contribution in [0.4, 0.5) is 8.78 Å². The van der Waals surface area contributed by atoms with E-state index in [9.17, 15) is 14.3 Å². The number of nitrogens with zero attached hydrogens (tertiary/aromatic N) is 6. The van der Waals surface area contributed by atoms with E-state index < -0.39 is 23.6 Å². The topological polar surface area (TPSA) is 151 Å². The predicted octanol–water partition coefficient (Wildman–Crippen LogP) is 10.0. The van der Waals surface area contributed by atoms with Crippen LogP contribution in [0.3, 0.4) is 0 Å². The van der Waals surface area contributed by atoms with Gasteiger partial charge >= 0.3 is 5.97 Å². The molecule has 4 bridgehead atoms. The lowest BCUT2D eigenvalue weighted by Gasteiger charge is -2.35. The van der Waals surface area contributed by atoms with E-state index in [4.69, 9.17) is 56.6 Å². The molecule has 1 unspecified atom stereocenters. The van der Waals surface area contributed by atoms with Gasteiger partial charge in [-0.05, 0) is 110 Å². The van der Waals surface area contributed by atoms with Crippen LogP contribution in [0.25, 0.3) is 37.4 Å². The van der Waals surface area contributed by atoms with Gasteiger partial charge in [0.2, 0.25) is 12.0 Å². The molecule has 3 aromatic carbocycles. The lowest BCUT2D eigenvalue weighted by atomic mass is 9.87. The number of halogens is 4. The lowest BCUT2D eigenvalue weighted by Crippen LogP contribution is -2.47. The predicted molar refractivity (Wildman–Crippen MR) is 280 cm³/mol. The largest absolute Gasteiger partial charge is 0.493 e. The highest BCUT2D eigenvalue weighted by Crippen LogP contribution is 2.52. The zero-order valence-electron chi connectivity index (χ0n) is 41.5. The number of hydrogen-bond acceptors (Lipinski definition) is 14. The van der Waals surface area contributed by atoms with E-state index >= 15 is 4.39 Å². The molecule has 0 saturated carbocycles. The van der Waals surface area contributed by atoms with Crippen molar-refractivity contribution in [2.24, 2.45) is 5.92 Å². The first kappa shape index (κ1) is 52.1. The highest BCUT2D eigenvalue weighted by Gasteiger charge is 2.35. The van der Waals surface area contributed by atoms with Crippen LogP contribution >= 0.6 is 34.5 Å². The Hall–Kier alpha value is -5.37.